The molecule has 0 aromatic rings. The van der Waals surface area contributed by atoms with Crippen molar-refractivity contribution >= 4 is 5.97 Å². The first-order valence-electron chi connectivity index (χ1n) is 2.66. The number of nitriles is 1. The van der Waals surface area contributed by atoms with Gasteiger partial charge in [-0.1, -0.05) is 0 Å². The van der Waals surface area contributed by atoms with Crippen LogP contribution in [0, 0.1) is 11.3 Å². The van der Waals surface area contributed by atoms with Crippen molar-refractivity contribution in [3.63, 3.8) is 0 Å². The minimum atomic E-state index is -0.982. The number of allylic oxidation sites excluding steroid dienone is 1. The number of carbonyl (C=O) groups is 1. The van der Waals surface area contributed by atoms with Gasteiger partial charge < -0.3 is 9.84 Å². The number of rotatable bonds is 2. The van der Waals surface area contributed by atoms with Gasteiger partial charge in [-0.15, -0.1) is 0 Å². The maximum atomic E-state index is 10.4. The van der Waals surface area contributed by atoms with Crippen LogP contribution in [0.4, 0.5) is 0 Å². The van der Waals surface area contributed by atoms with E-state index in [0.717, 1.165) is 0 Å². The molecule has 4 nitrogen and oxygen atoms in total. The second-order valence-electron chi connectivity index (χ2n) is 1.36. The maximum absolute atomic E-state index is 10.4. The summed E-state index contributed by atoms with van der Waals surface area (Å²) in [5.41, 5.74) is 0. The van der Waals surface area contributed by atoms with E-state index in [1.807, 2.05) is 0 Å². The van der Waals surface area contributed by atoms with Gasteiger partial charge in [0.1, 0.15) is 0 Å². The fraction of sp³-hybridized carbons (Fsp3) is 0.333. The summed E-state index contributed by atoms with van der Waals surface area (Å²) in [5.74, 6) is -1.90. The van der Waals surface area contributed by atoms with Crippen LogP contribution in [0.3, 0.4) is 0 Å². The van der Waals surface area contributed by atoms with Crippen molar-refractivity contribution in [3.05, 3.63) is 11.8 Å². The molecular weight excluding hydrogens is 173 g/mol. The van der Waals surface area contributed by atoms with Gasteiger partial charge in [0.05, 0.1) is 12.7 Å². The standard InChI is InChI=1S/C6H7NO3.K/c1-2-10-6(9)5(8)3-4-7;/h3,8H,2H2,1H3;/q;+1/p-1/b5-3-;. The van der Waals surface area contributed by atoms with Crippen LogP contribution in [0.5, 0.6) is 0 Å². The summed E-state index contributed by atoms with van der Waals surface area (Å²) in [6.45, 7) is 1.72. The number of hydrogen-bond acceptors (Lipinski definition) is 4. The molecule has 0 aliphatic carbocycles. The van der Waals surface area contributed by atoms with Crippen LogP contribution in [0.1, 0.15) is 6.92 Å². The second kappa shape index (κ2) is 8.24. The Hall–Kier alpha value is 0.136. The van der Waals surface area contributed by atoms with Crippen LogP contribution in [0.15, 0.2) is 11.8 Å². The van der Waals surface area contributed by atoms with Gasteiger partial charge in [-0.05, 0) is 12.7 Å². The monoisotopic (exact) mass is 179 g/mol. The summed E-state index contributed by atoms with van der Waals surface area (Å²) >= 11 is 0. The maximum Gasteiger partial charge on any atom is 1.00 e. The average Bonchev–Trinajstić information content (AvgIpc) is 1.89. The first-order chi connectivity index (χ1) is 4.72. The van der Waals surface area contributed by atoms with Crippen molar-refractivity contribution in [1.82, 2.24) is 0 Å². The summed E-state index contributed by atoms with van der Waals surface area (Å²) in [7, 11) is 0. The Labute approximate surface area is 107 Å². The smallest absolute Gasteiger partial charge is 0.867 e. The van der Waals surface area contributed by atoms with Crippen molar-refractivity contribution in [2.45, 2.75) is 6.92 Å². The molecule has 0 atom stereocenters. The van der Waals surface area contributed by atoms with Crippen molar-refractivity contribution in [3.8, 4) is 6.07 Å². The van der Waals surface area contributed by atoms with Crippen LogP contribution in [-0.4, -0.2) is 12.6 Å². The third-order valence-electron chi connectivity index (χ3n) is 0.672. The Bertz CT molecular complexity index is 194. The fourth-order valence-corrected chi connectivity index (χ4v) is 0.320. The summed E-state index contributed by atoms with van der Waals surface area (Å²) in [4.78, 5) is 10.4. The van der Waals surface area contributed by atoms with E-state index in [0.29, 0.717) is 6.08 Å². The molecule has 0 amide bonds. The van der Waals surface area contributed by atoms with Gasteiger partial charge in [0, 0.05) is 6.08 Å². The Morgan fingerprint density at radius 1 is 1.82 bits per heavy atom. The zero-order valence-electron chi connectivity index (χ0n) is 6.46. The van der Waals surface area contributed by atoms with Crippen molar-refractivity contribution in [2.75, 3.05) is 6.61 Å². The average molecular weight is 179 g/mol. The third-order valence-corrected chi connectivity index (χ3v) is 0.672. The minimum absolute atomic E-state index is 0. The van der Waals surface area contributed by atoms with E-state index in [1.165, 1.54) is 6.07 Å². The van der Waals surface area contributed by atoms with E-state index in [1.54, 1.807) is 6.92 Å². The number of carbonyl (C=O) groups excluding carboxylic acids is 1. The Morgan fingerprint density at radius 3 is 2.73 bits per heavy atom. The first-order valence-corrected chi connectivity index (χ1v) is 2.66. The molecule has 0 unspecified atom stereocenters. The number of esters is 1. The zero-order chi connectivity index (χ0) is 7.98. The Kier molecular flexibility index (Phi) is 10.3. The molecule has 0 aliphatic rings. The van der Waals surface area contributed by atoms with Gasteiger partial charge in [0.15, 0.2) is 0 Å². The van der Waals surface area contributed by atoms with Crippen LogP contribution >= 0.6 is 0 Å². The fourth-order valence-electron chi connectivity index (χ4n) is 0.320. The van der Waals surface area contributed by atoms with Crippen LogP contribution in [0.25, 0.3) is 0 Å². The molecule has 0 aromatic heterocycles. The molecule has 11 heavy (non-hydrogen) atoms. The quantitative estimate of drug-likeness (QED) is 0.144. The molecule has 5 heteroatoms. The van der Waals surface area contributed by atoms with Gasteiger partial charge in [-0.3, -0.25) is 0 Å². The molecule has 54 valence electrons. The summed E-state index contributed by atoms with van der Waals surface area (Å²) in [6, 6.07) is 1.43. The van der Waals surface area contributed by atoms with Gasteiger partial charge in [0.2, 0.25) is 0 Å². The third kappa shape index (κ3) is 6.53. The topological polar surface area (TPSA) is 73.2 Å². The van der Waals surface area contributed by atoms with Crippen LogP contribution in [0.2, 0.25) is 0 Å². The molecule has 0 rings (SSSR count). The molecule has 0 saturated carbocycles. The van der Waals surface area contributed by atoms with E-state index in [-0.39, 0.29) is 58.0 Å². The SMILES string of the molecule is CCOC(=O)/C([O-])=C/C#N.[K+]. The van der Waals surface area contributed by atoms with Gasteiger partial charge >= 0.3 is 57.4 Å². The Balaban J connectivity index is 0. The number of hydrogen-bond donors (Lipinski definition) is 0. The molecule has 0 saturated heterocycles. The molecule has 0 spiro atoms. The molecule has 0 aliphatic heterocycles. The molecule has 0 bridgehead atoms. The van der Waals surface area contributed by atoms with Gasteiger partial charge in [-0.25, -0.2) is 4.79 Å². The number of ether oxygens (including phenoxy) is 1. The molecule has 0 fully saturated rings. The van der Waals surface area contributed by atoms with E-state index < -0.39 is 11.7 Å². The van der Waals surface area contributed by atoms with E-state index >= 15 is 0 Å². The van der Waals surface area contributed by atoms with E-state index in [2.05, 4.69) is 4.74 Å². The first kappa shape index (κ1) is 13.7. The normalized spacial score (nSPS) is 9.27. The van der Waals surface area contributed by atoms with Crippen LogP contribution < -0.4 is 56.5 Å². The molecular formula is C6H6KNO3. The summed E-state index contributed by atoms with van der Waals surface area (Å²) in [5, 5.41) is 18.3. The molecule has 0 aromatic carbocycles. The molecule has 0 N–H and O–H groups in total. The Morgan fingerprint density at radius 2 is 2.36 bits per heavy atom. The molecule has 0 heterocycles. The van der Waals surface area contributed by atoms with Gasteiger partial charge in [0.25, 0.3) is 0 Å². The van der Waals surface area contributed by atoms with Crippen molar-refractivity contribution in [2.24, 2.45) is 0 Å². The predicted molar refractivity (Wildman–Crippen MR) is 30.3 cm³/mol. The van der Waals surface area contributed by atoms with E-state index in [9.17, 15) is 9.90 Å². The zero-order valence-corrected chi connectivity index (χ0v) is 9.58. The van der Waals surface area contributed by atoms with Gasteiger partial charge in [-0.2, -0.15) is 5.26 Å². The summed E-state index contributed by atoms with van der Waals surface area (Å²) < 4.78 is 4.29. The van der Waals surface area contributed by atoms with Crippen LogP contribution in [-0.2, 0) is 9.53 Å². The summed E-state index contributed by atoms with van der Waals surface area (Å²) in [6.07, 6.45) is 0.609. The van der Waals surface area contributed by atoms with E-state index in [4.69, 9.17) is 5.26 Å². The second-order valence-corrected chi connectivity index (χ2v) is 1.36. The van der Waals surface area contributed by atoms with Crippen molar-refractivity contribution < 1.29 is 66.0 Å². The van der Waals surface area contributed by atoms with Crippen molar-refractivity contribution in [1.29, 1.82) is 5.26 Å². The molecule has 0 radical (unpaired) electrons. The minimum Gasteiger partial charge on any atom is -0.867 e. The number of nitrogens with zero attached hydrogens (tertiary/aromatic N) is 1. The predicted octanol–water partition coefficient (Wildman–Crippen LogP) is -3.68. The largest absolute Gasteiger partial charge is 1.00 e.